The highest BCUT2D eigenvalue weighted by atomic mass is 32.1. The number of hydrogen-bond acceptors (Lipinski definition) is 5. The zero-order chi connectivity index (χ0) is 13.7. The maximum Gasteiger partial charge on any atom is 0.263 e. The lowest BCUT2D eigenvalue weighted by Crippen LogP contribution is -2.29. The summed E-state index contributed by atoms with van der Waals surface area (Å²) in [6.07, 6.45) is 3.63. The zero-order valence-corrected chi connectivity index (χ0v) is 11.9. The monoisotopic (exact) mass is 279 g/mol. The molecule has 2 rings (SSSR count). The molecule has 0 atom stereocenters. The summed E-state index contributed by atoms with van der Waals surface area (Å²) in [5, 5.41) is 15.8. The van der Waals surface area contributed by atoms with Gasteiger partial charge in [0.25, 0.3) is 5.91 Å². The van der Waals surface area contributed by atoms with E-state index in [0.717, 1.165) is 18.5 Å². The molecule has 1 amide bonds. The van der Waals surface area contributed by atoms with Crippen LogP contribution in [0.4, 0.5) is 0 Å². The number of nitrogens with one attached hydrogen (secondary N) is 1. The van der Waals surface area contributed by atoms with E-state index in [2.05, 4.69) is 34.7 Å². The van der Waals surface area contributed by atoms with Gasteiger partial charge in [0.15, 0.2) is 0 Å². The first-order valence-corrected chi connectivity index (χ1v) is 7.23. The molecule has 102 valence electrons. The average Bonchev–Trinajstić information content (AvgIpc) is 3.10. The van der Waals surface area contributed by atoms with Crippen LogP contribution in [0.15, 0.2) is 17.8 Å². The number of carbonyl (C=O) groups excluding carboxylic acids is 1. The summed E-state index contributed by atoms with van der Waals surface area (Å²) in [6.45, 7) is 4.98. The average molecular weight is 279 g/mol. The molecular formula is C12H17N5OS. The Labute approximate surface area is 115 Å². The summed E-state index contributed by atoms with van der Waals surface area (Å²) in [5.74, 6) is 0.466. The van der Waals surface area contributed by atoms with Crippen LogP contribution in [0.3, 0.4) is 0 Å². The van der Waals surface area contributed by atoms with Crippen LogP contribution in [0.25, 0.3) is 5.69 Å². The molecule has 0 bridgehead atoms. The predicted molar refractivity (Wildman–Crippen MR) is 73.4 cm³/mol. The number of carbonyl (C=O) groups is 1. The lowest BCUT2D eigenvalue weighted by Gasteiger charge is -2.13. The van der Waals surface area contributed by atoms with Gasteiger partial charge in [0.1, 0.15) is 11.2 Å². The fourth-order valence-electron chi connectivity index (χ4n) is 1.82. The lowest BCUT2D eigenvalue weighted by molar-refractivity contribution is 0.0950. The van der Waals surface area contributed by atoms with Crippen LogP contribution in [0.2, 0.25) is 0 Å². The third-order valence-corrected chi connectivity index (χ3v) is 4.05. The van der Waals surface area contributed by atoms with Gasteiger partial charge >= 0.3 is 0 Å². The molecule has 2 aromatic heterocycles. The van der Waals surface area contributed by atoms with Crippen LogP contribution in [-0.2, 0) is 0 Å². The Hall–Kier alpha value is -1.76. The quantitative estimate of drug-likeness (QED) is 0.876. The van der Waals surface area contributed by atoms with Crippen molar-refractivity contribution in [3.63, 3.8) is 0 Å². The van der Waals surface area contributed by atoms with E-state index in [4.69, 9.17) is 0 Å². The van der Waals surface area contributed by atoms with E-state index in [1.807, 2.05) is 11.4 Å². The molecule has 19 heavy (non-hydrogen) atoms. The molecule has 0 aliphatic rings. The predicted octanol–water partition coefficient (Wildman–Crippen LogP) is 1.89. The number of amides is 1. The van der Waals surface area contributed by atoms with Gasteiger partial charge < -0.3 is 5.32 Å². The second-order valence-electron chi connectivity index (χ2n) is 4.28. The Morgan fingerprint density at radius 1 is 1.47 bits per heavy atom. The van der Waals surface area contributed by atoms with Crippen molar-refractivity contribution in [3.8, 4) is 5.69 Å². The van der Waals surface area contributed by atoms with Gasteiger partial charge in [-0.3, -0.25) is 4.79 Å². The van der Waals surface area contributed by atoms with Crippen molar-refractivity contribution >= 4 is 17.2 Å². The van der Waals surface area contributed by atoms with Crippen molar-refractivity contribution in [1.82, 2.24) is 25.5 Å². The number of nitrogens with zero attached hydrogens (tertiary/aromatic N) is 4. The molecule has 0 saturated carbocycles. The minimum Gasteiger partial charge on any atom is -0.351 e. The van der Waals surface area contributed by atoms with Crippen LogP contribution in [0, 0.1) is 5.92 Å². The number of hydrogen-bond donors (Lipinski definition) is 1. The van der Waals surface area contributed by atoms with Crippen LogP contribution in [-0.4, -0.2) is 32.7 Å². The molecule has 0 aromatic carbocycles. The van der Waals surface area contributed by atoms with Crippen molar-refractivity contribution in [3.05, 3.63) is 22.7 Å². The van der Waals surface area contributed by atoms with Gasteiger partial charge in [-0.05, 0) is 27.8 Å². The molecular weight excluding hydrogens is 262 g/mol. The first-order chi connectivity index (χ1) is 9.26. The number of thiophene rings is 1. The minimum atomic E-state index is -0.0626. The standard InChI is InChI=1S/C12H17N5OS/c1-3-9(4-2)7-13-12(18)11-10(5-6-19-11)17-8-14-15-16-17/h5-6,8-9H,3-4,7H2,1-2H3,(H,13,18). The Morgan fingerprint density at radius 3 is 2.89 bits per heavy atom. The first-order valence-electron chi connectivity index (χ1n) is 6.35. The van der Waals surface area contributed by atoms with E-state index in [-0.39, 0.29) is 5.91 Å². The van der Waals surface area contributed by atoms with E-state index in [1.165, 1.54) is 22.3 Å². The van der Waals surface area contributed by atoms with Crippen molar-refractivity contribution in [2.75, 3.05) is 6.54 Å². The van der Waals surface area contributed by atoms with Crippen molar-refractivity contribution in [1.29, 1.82) is 0 Å². The molecule has 7 heteroatoms. The van der Waals surface area contributed by atoms with Crippen molar-refractivity contribution in [2.24, 2.45) is 5.92 Å². The summed E-state index contributed by atoms with van der Waals surface area (Å²) < 4.78 is 1.50. The molecule has 0 aliphatic carbocycles. The third-order valence-electron chi connectivity index (χ3n) is 3.15. The molecule has 1 N–H and O–H groups in total. The van der Waals surface area contributed by atoms with Crippen molar-refractivity contribution in [2.45, 2.75) is 26.7 Å². The van der Waals surface area contributed by atoms with Gasteiger partial charge in [-0.2, -0.15) is 4.68 Å². The summed E-state index contributed by atoms with van der Waals surface area (Å²) >= 11 is 1.39. The maximum absolute atomic E-state index is 12.2. The van der Waals surface area contributed by atoms with E-state index >= 15 is 0 Å². The SMILES string of the molecule is CCC(CC)CNC(=O)c1sccc1-n1cnnn1. The fraction of sp³-hybridized carbons (Fsp3) is 0.500. The molecule has 0 radical (unpaired) electrons. The smallest absolute Gasteiger partial charge is 0.263 e. The van der Waals surface area contributed by atoms with Gasteiger partial charge in [0.05, 0.1) is 5.69 Å². The molecule has 0 fully saturated rings. The normalized spacial score (nSPS) is 10.9. The molecule has 2 aromatic rings. The Kier molecular flexibility index (Phi) is 4.62. The van der Waals surface area contributed by atoms with E-state index in [9.17, 15) is 4.79 Å². The molecule has 6 nitrogen and oxygen atoms in total. The zero-order valence-electron chi connectivity index (χ0n) is 11.0. The van der Waals surface area contributed by atoms with Crippen LogP contribution in [0.1, 0.15) is 36.4 Å². The number of rotatable bonds is 6. The molecule has 0 aliphatic heterocycles. The van der Waals surface area contributed by atoms with E-state index in [1.54, 1.807) is 0 Å². The van der Waals surface area contributed by atoms with E-state index < -0.39 is 0 Å². The second kappa shape index (κ2) is 6.42. The van der Waals surface area contributed by atoms with Crippen LogP contribution < -0.4 is 5.32 Å². The Morgan fingerprint density at radius 2 is 2.26 bits per heavy atom. The Bertz CT molecular complexity index is 518. The fourth-order valence-corrected chi connectivity index (χ4v) is 2.61. The summed E-state index contributed by atoms with van der Waals surface area (Å²) in [6, 6.07) is 1.84. The van der Waals surface area contributed by atoms with Crippen LogP contribution >= 0.6 is 11.3 Å². The largest absolute Gasteiger partial charge is 0.351 e. The van der Waals surface area contributed by atoms with Gasteiger partial charge in [-0.25, -0.2) is 0 Å². The van der Waals surface area contributed by atoms with Gasteiger partial charge in [0, 0.05) is 6.54 Å². The molecule has 0 saturated heterocycles. The summed E-state index contributed by atoms with van der Waals surface area (Å²) in [7, 11) is 0. The maximum atomic E-state index is 12.2. The van der Waals surface area contributed by atoms with Crippen LogP contribution in [0.5, 0.6) is 0 Å². The van der Waals surface area contributed by atoms with Gasteiger partial charge in [-0.1, -0.05) is 26.7 Å². The topological polar surface area (TPSA) is 72.7 Å². The van der Waals surface area contributed by atoms with Crippen molar-refractivity contribution < 1.29 is 4.79 Å². The summed E-state index contributed by atoms with van der Waals surface area (Å²) in [4.78, 5) is 12.8. The van der Waals surface area contributed by atoms with Gasteiger partial charge in [-0.15, -0.1) is 16.4 Å². The highest BCUT2D eigenvalue weighted by Crippen LogP contribution is 2.20. The number of aromatic nitrogens is 4. The highest BCUT2D eigenvalue weighted by Gasteiger charge is 2.16. The lowest BCUT2D eigenvalue weighted by atomic mass is 10.0. The Balaban J connectivity index is 2.06. The van der Waals surface area contributed by atoms with Gasteiger partial charge in [0.2, 0.25) is 0 Å². The molecule has 2 heterocycles. The first kappa shape index (κ1) is 13.7. The second-order valence-corrected chi connectivity index (χ2v) is 5.20. The minimum absolute atomic E-state index is 0.0626. The summed E-state index contributed by atoms with van der Waals surface area (Å²) in [5.41, 5.74) is 0.719. The highest BCUT2D eigenvalue weighted by molar-refractivity contribution is 7.12. The van der Waals surface area contributed by atoms with E-state index in [0.29, 0.717) is 17.3 Å². The molecule has 0 unspecified atom stereocenters. The molecule has 0 spiro atoms. The number of tetrazole rings is 1. The third kappa shape index (κ3) is 3.17.